The number of hydrogen-bond donors (Lipinski definition) is 1. The maximum absolute atomic E-state index is 12.8. The van der Waals surface area contributed by atoms with Gasteiger partial charge in [0.25, 0.3) is 5.56 Å². The van der Waals surface area contributed by atoms with Gasteiger partial charge in [-0.3, -0.25) is 14.0 Å². The van der Waals surface area contributed by atoms with Crippen LogP contribution < -0.4 is 15.6 Å². The first-order chi connectivity index (χ1) is 14.1. The predicted octanol–water partition coefficient (Wildman–Crippen LogP) is 4.29. The number of aromatic nitrogens is 3. The van der Waals surface area contributed by atoms with Crippen molar-refractivity contribution in [2.24, 2.45) is 7.05 Å². The summed E-state index contributed by atoms with van der Waals surface area (Å²) in [6.45, 7) is -0.899. The van der Waals surface area contributed by atoms with Gasteiger partial charge in [-0.2, -0.15) is 5.10 Å². The molecule has 0 bridgehead atoms. The minimum Gasteiger partial charge on any atom is -0.463 e. The topological polar surface area (TPSA) is 61.1 Å². The second kappa shape index (κ2) is 8.02. The van der Waals surface area contributed by atoms with E-state index in [9.17, 15) is 9.18 Å². The molecule has 0 atom stereocenters. The molecule has 0 spiro atoms. The molecule has 0 aliphatic carbocycles. The Kier molecular flexibility index (Phi) is 5.11. The van der Waals surface area contributed by atoms with Crippen LogP contribution in [0.25, 0.3) is 16.8 Å². The van der Waals surface area contributed by atoms with E-state index in [1.165, 1.54) is 4.57 Å². The normalized spacial score (nSPS) is 10.7. The Hall–Kier alpha value is -3.87. The number of anilines is 2. The molecule has 0 amide bonds. The predicted molar refractivity (Wildman–Crippen MR) is 111 cm³/mol. The van der Waals surface area contributed by atoms with Gasteiger partial charge in [0.2, 0.25) is 6.86 Å². The number of para-hydroxylation sites is 1. The van der Waals surface area contributed by atoms with Crippen molar-refractivity contribution in [3.05, 3.63) is 89.6 Å². The molecule has 29 heavy (non-hydrogen) atoms. The number of rotatable bonds is 6. The zero-order chi connectivity index (χ0) is 20.2. The number of nitrogens with one attached hydrogen (secondary N) is 1. The second-order valence-electron chi connectivity index (χ2n) is 6.45. The van der Waals surface area contributed by atoms with Gasteiger partial charge in [-0.1, -0.05) is 18.2 Å². The lowest BCUT2D eigenvalue weighted by Gasteiger charge is -2.14. The average Bonchev–Trinajstić information content (AvgIpc) is 3.16. The maximum atomic E-state index is 12.8. The third-order valence-corrected chi connectivity index (χ3v) is 4.46. The van der Waals surface area contributed by atoms with E-state index in [1.54, 1.807) is 47.4 Å². The van der Waals surface area contributed by atoms with Crippen LogP contribution in [-0.4, -0.2) is 21.2 Å². The SMILES string of the molecule is Cn1cc(-c2cn(-c3ccc(OCF)cc3)c(=O)cc2Nc2ccccc2)cn1. The lowest BCUT2D eigenvalue weighted by atomic mass is 10.1. The zero-order valence-electron chi connectivity index (χ0n) is 15.7. The van der Waals surface area contributed by atoms with Gasteiger partial charge < -0.3 is 10.1 Å². The van der Waals surface area contributed by atoms with Gasteiger partial charge in [-0.15, -0.1) is 0 Å². The highest BCUT2D eigenvalue weighted by molar-refractivity contribution is 5.80. The Morgan fingerprint density at radius 3 is 2.48 bits per heavy atom. The molecule has 0 radical (unpaired) electrons. The molecule has 2 aromatic carbocycles. The van der Waals surface area contributed by atoms with Crippen molar-refractivity contribution in [2.45, 2.75) is 0 Å². The first-order valence-electron chi connectivity index (χ1n) is 9.01. The first kappa shape index (κ1) is 18.5. The lowest BCUT2D eigenvalue weighted by Crippen LogP contribution is -2.18. The molecule has 1 N–H and O–H groups in total. The largest absolute Gasteiger partial charge is 0.463 e. The fourth-order valence-corrected chi connectivity index (χ4v) is 3.07. The van der Waals surface area contributed by atoms with Crippen LogP contribution in [0, 0.1) is 0 Å². The summed E-state index contributed by atoms with van der Waals surface area (Å²) in [5.41, 5.74) is 3.71. The third kappa shape index (κ3) is 4.03. The molecule has 6 nitrogen and oxygen atoms in total. The molecule has 7 heteroatoms. The lowest BCUT2D eigenvalue weighted by molar-refractivity contribution is 0.192. The number of pyridine rings is 1. The molecule has 146 valence electrons. The Labute approximate surface area is 166 Å². The minimum absolute atomic E-state index is 0.199. The summed E-state index contributed by atoms with van der Waals surface area (Å²) in [5, 5.41) is 7.56. The van der Waals surface area contributed by atoms with Crippen LogP contribution in [0.3, 0.4) is 0 Å². The van der Waals surface area contributed by atoms with E-state index in [0.717, 1.165) is 16.8 Å². The van der Waals surface area contributed by atoms with E-state index >= 15 is 0 Å². The van der Waals surface area contributed by atoms with E-state index in [0.29, 0.717) is 17.1 Å². The fraction of sp³-hybridized carbons (Fsp3) is 0.0909. The molecule has 0 aliphatic heterocycles. The highest BCUT2D eigenvalue weighted by atomic mass is 19.1. The summed E-state index contributed by atoms with van der Waals surface area (Å²) in [7, 11) is 1.84. The molecule has 0 aliphatic rings. The summed E-state index contributed by atoms with van der Waals surface area (Å²) < 4.78 is 20.4. The highest BCUT2D eigenvalue weighted by Crippen LogP contribution is 2.29. The van der Waals surface area contributed by atoms with Crippen LogP contribution in [-0.2, 0) is 7.05 Å². The summed E-state index contributed by atoms with van der Waals surface area (Å²) >= 11 is 0. The van der Waals surface area contributed by atoms with E-state index in [1.807, 2.05) is 43.6 Å². The number of aryl methyl sites for hydroxylation is 1. The van der Waals surface area contributed by atoms with Gasteiger partial charge in [-0.05, 0) is 36.4 Å². The Balaban J connectivity index is 1.80. The maximum Gasteiger partial charge on any atom is 0.257 e. The molecule has 0 saturated heterocycles. The van der Waals surface area contributed by atoms with Gasteiger partial charge in [0.15, 0.2) is 0 Å². The highest BCUT2D eigenvalue weighted by Gasteiger charge is 2.12. The van der Waals surface area contributed by atoms with E-state index < -0.39 is 6.86 Å². The number of nitrogens with zero attached hydrogens (tertiary/aromatic N) is 3. The molecular weight excluding hydrogens is 371 g/mol. The van der Waals surface area contributed by atoms with Crippen molar-refractivity contribution >= 4 is 11.4 Å². The van der Waals surface area contributed by atoms with Crippen LogP contribution in [0.1, 0.15) is 0 Å². The van der Waals surface area contributed by atoms with Crippen molar-refractivity contribution in [3.8, 4) is 22.6 Å². The molecule has 0 saturated carbocycles. The Bertz CT molecular complexity index is 1170. The molecule has 4 rings (SSSR count). The summed E-state index contributed by atoms with van der Waals surface area (Å²) in [5.74, 6) is 0.402. The van der Waals surface area contributed by atoms with Gasteiger partial charge >= 0.3 is 0 Å². The zero-order valence-corrected chi connectivity index (χ0v) is 15.7. The van der Waals surface area contributed by atoms with Crippen molar-refractivity contribution < 1.29 is 9.13 Å². The number of hydrogen-bond acceptors (Lipinski definition) is 4. The van der Waals surface area contributed by atoms with E-state index in [-0.39, 0.29) is 5.56 Å². The second-order valence-corrected chi connectivity index (χ2v) is 6.45. The molecular formula is C22H19FN4O2. The summed E-state index contributed by atoms with van der Waals surface area (Å²) in [4.78, 5) is 12.8. The van der Waals surface area contributed by atoms with Gasteiger partial charge in [0.1, 0.15) is 5.75 Å². The summed E-state index contributed by atoms with van der Waals surface area (Å²) in [6.07, 6.45) is 5.41. The molecule has 0 fully saturated rings. The van der Waals surface area contributed by atoms with E-state index in [2.05, 4.69) is 10.4 Å². The fourth-order valence-electron chi connectivity index (χ4n) is 3.07. The number of benzene rings is 2. The van der Waals surface area contributed by atoms with Crippen molar-refractivity contribution in [2.75, 3.05) is 12.2 Å². The van der Waals surface area contributed by atoms with Crippen LogP contribution in [0.4, 0.5) is 15.8 Å². The van der Waals surface area contributed by atoms with Gasteiger partial charge in [0, 0.05) is 48.0 Å². The van der Waals surface area contributed by atoms with E-state index in [4.69, 9.17) is 4.74 Å². The Morgan fingerprint density at radius 2 is 1.83 bits per heavy atom. The number of alkyl halides is 1. The minimum atomic E-state index is -0.899. The molecule has 2 heterocycles. The smallest absolute Gasteiger partial charge is 0.257 e. The standard InChI is InChI=1S/C22H19FN4O2/c1-26-13-16(12-24-26)20-14-27(18-7-9-19(10-8-18)29-15-23)22(28)11-21(20)25-17-5-3-2-4-6-17/h2-14,25H,15H2,1H3. The van der Waals surface area contributed by atoms with Crippen LogP contribution >= 0.6 is 0 Å². The Morgan fingerprint density at radius 1 is 1.07 bits per heavy atom. The molecule has 2 aromatic heterocycles. The molecule has 0 unspecified atom stereocenters. The third-order valence-electron chi connectivity index (χ3n) is 4.46. The van der Waals surface area contributed by atoms with Gasteiger partial charge in [-0.25, -0.2) is 4.39 Å². The van der Waals surface area contributed by atoms with Crippen molar-refractivity contribution in [1.82, 2.24) is 14.3 Å². The van der Waals surface area contributed by atoms with Crippen LogP contribution in [0.5, 0.6) is 5.75 Å². The van der Waals surface area contributed by atoms with Crippen molar-refractivity contribution in [1.29, 1.82) is 0 Å². The van der Waals surface area contributed by atoms with Crippen molar-refractivity contribution in [3.63, 3.8) is 0 Å². The van der Waals surface area contributed by atoms with Gasteiger partial charge in [0.05, 0.1) is 11.9 Å². The monoisotopic (exact) mass is 390 g/mol. The first-order valence-corrected chi connectivity index (χ1v) is 9.01. The quantitative estimate of drug-likeness (QED) is 0.534. The number of ether oxygens (including phenoxy) is 1. The number of halogens is 1. The van der Waals surface area contributed by atoms with Crippen LogP contribution in [0.2, 0.25) is 0 Å². The van der Waals surface area contributed by atoms with Crippen LogP contribution in [0.15, 0.2) is 84.0 Å². The average molecular weight is 390 g/mol. The molecule has 4 aromatic rings. The summed E-state index contributed by atoms with van der Waals surface area (Å²) in [6, 6.07) is 17.9.